The first-order valence-electron chi connectivity index (χ1n) is 14.5. The topological polar surface area (TPSA) is 37.3 Å². The molecule has 2 nitrogen and oxygen atoms in total. The molecule has 0 fully saturated rings. The van der Waals surface area contributed by atoms with Crippen LogP contribution in [0.4, 0.5) is 0 Å². The lowest BCUT2D eigenvalue weighted by Gasteiger charge is -2.05. The highest BCUT2D eigenvalue weighted by Gasteiger charge is 2.07. The standard InChI is InChI=1S/C31H54O2/c1-3-4-5-6-7-8-9-10-11-12-13-14-15-16-17-18-19-20-21-22-23-24-31(33)29-25-26-30(32)28(2)27-29/h25-27,32H,3-24H2,1-2H3. The Morgan fingerprint density at radius 1 is 0.606 bits per heavy atom. The van der Waals surface area contributed by atoms with E-state index < -0.39 is 0 Å². The predicted octanol–water partition coefficient (Wildman–Crippen LogP) is 10.5. The molecule has 1 N–H and O–H groups in total. The monoisotopic (exact) mass is 458 g/mol. The van der Waals surface area contributed by atoms with Crippen molar-refractivity contribution in [1.29, 1.82) is 0 Å². The Kier molecular flexibility index (Phi) is 19.1. The van der Waals surface area contributed by atoms with Crippen LogP contribution >= 0.6 is 0 Å². The number of rotatable bonds is 23. The zero-order chi connectivity index (χ0) is 24.0. The van der Waals surface area contributed by atoms with Crippen LogP contribution in [0.5, 0.6) is 5.75 Å². The number of aromatic hydroxyl groups is 1. The number of hydrogen-bond acceptors (Lipinski definition) is 2. The summed E-state index contributed by atoms with van der Waals surface area (Å²) in [5, 5.41) is 9.57. The summed E-state index contributed by atoms with van der Waals surface area (Å²) in [5.74, 6) is 0.469. The largest absolute Gasteiger partial charge is 0.508 e. The summed E-state index contributed by atoms with van der Waals surface area (Å²) in [5.41, 5.74) is 1.51. The Morgan fingerprint density at radius 2 is 0.970 bits per heavy atom. The molecule has 0 saturated heterocycles. The Balaban J connectivity index is 1.77. The van der Waals surface area contributed by atoms with Gasteiger partial charge in [-0.3, -0.25) is 4.79 Å². The second-order valence-corrected chi connectivity index (χ2v) is 10.2. The number of phenolic OH excluding ortho intramolecular Hbond substituents is 1. The first-order chi connectivity index (χ1) is 16.1. The van der Waals surface area contributed by atoms with Gasteiger partial charge in [0.2, 0.25) is 0 Å². The number of benzene rings is 1. The third kappa shape index (κ3) is 16.9. The van der Waals surface area contributed by atoms with Crippen molar-refractivity contribution in [3.63, 3.8) is 0 Å². The molecule has 0 bridgehead atoms. The van der Waals surface area contributed by atoms with Gasteiger partial charge in [-0.1, -0.05) is 135 Å². The number of aryl methyl sites for hydroxylation is 1. The first kappa shape index (κ1) is 29.7. The van der Waals surface area contributed by atoms with Crippen molar-refractivity contribution in [1.82, 2.24) is 0 Å². The predicted molar refractivity (Wildman–Crippen MR) is 144 cm³/mol. The maximum absolute atomic E-state index is 12.2. The molecule has 0 aliphatic rings. The van der Waals surface area contributed by atoms with Crippen molar-refractivity contribution >= 4 is 5.78 Å². The van der Waals surface area contributed by atoms with Crippen LogP contribution in [0.1, 0.15) is 164 Å². The van der Waals surface area contributed by atoms with E-state index in [-0.39, 0.29) is 11.5 Å². The van der Waals surface area contributed by atoms with Crippen LogP contribution < -0.4 is 0 Å². The van der Waals surface area contributed by atoms with Gasteiger partial charge < -0.3 is 5.11 Å². The molecule has 33 heavy (non-hydrogen) atoms. The quantitative estimate of drug-likeness (QED) is 0.131. The van der Waals surface area contributed by atoms with Gasteiger partial charge in [-0.2, -0.15) is 0 Å². The average Bonchev–Trinajstić information content (AvgIpc) is 2.81. The lowest BCUT2D eigenvalue weighted by Crippen LogP contribution is -1.99. The zero-order valence-electron chi connectivity index (χ0n) is 22.1. The number of carbonyl (C=O) groups is 1. The van der Waals surface area contributed by atoms with Crippen molar-refractivity contribution in [3.05, 3.63) is 29.3 Å². The van der Waals surface area contributed by atoms with Gasteiger partial charge in [0.05, 0.1) is 0 Å². The van der Waals surface area contributed by atoms with Crippen molar-refractivity contribution < 1.29 is 9.90 Å². The maximum atomic E-state index is 12.2. The van der Waals surface area contributed by atoms with Gasteiger partial charge in [0.25, 0.3) is 0 Å². The highest BCUT2D eigenvalue weighted by molar-refractivity contribution is 5.96. The number of Topliss-reactive ketones (excluding diaryl/α,β-unsaturated/α-hetero) is 1. The molecule has 0 amide bonds. The average molecular weight is 459 g/mol. The minimum absolute atomic E-state index is 0.205. The molecule has 1 aromatic carbocycles. The van der Waals surface area contributed by atoms with Gasteiger partial charge in [0, 0.05) is 12.0 Å². The van der Waals surface area contributed by atoms with Crippen LogP contribution in [0.2, 0.25) is 0 Å². The van der Waals surface area contributed by atoms with Crippen LogP contribution in [-0.4, -0.2) is 10.9 Å². The zero-order valence-corrected chi connectivity index (χ0v) is 22.1. The van der Waals surface area contributed by atoms with E-state index >= 15 is 0 Å². The van der Waals surface area contributed by atoms with Gasteiger partial charge >= 0.3 is 0 Å². The normalized spacial score (nSPS) is 11.2. The van der Waals surface area contributed by atoms with Gasteiger partial charge in [0.1, 0.15) is 5.75 Å². The fraction of sp³-hybridized carbons (Fsp3) is 0.774. The molecule has 0 aromatic heterocycles. The van der Waals surface area contributed by atoms with Crippen LogP contribution in [0.25, 0.3) is 0 Å². The summed E-state index contributed by atoms with van der Waals surface area (Å²) in [6.07, 6.45) is 29.6. The van der Waals surface area contributed by atoms with Crippen LogP contribution in [0.3, 0.4) is 0 Å². The molecule has 1 rings (SSSR count). The van der Waals surface area contributed by atoms with E-state index in [9.17, 15) is 9.90 Å². The second kappa shape index (κ2) is 21.2. The fourth-order valence-corrected chi connectivity index (χ4v) is 4.69. The van der Waals surface area contributed by atoms with E-state index in [4.69, 9.17) is 0 Å². The van der Waals surface area contributed by atoms with E-state index in [0.29, 0.717) is 6.42 Å². The maximum Gasteiger partial charge on any atom is 0.162 e. The van der Waals surface area contributed by atoms with Crippen molar-refractivity contribution in [2.24, 2.45) is 0 Å². The minimum atomic E-state index is 0.205. The molecule has 0 atom stereocenters. The van der Waals surface area contributed by atoms with E-state index in [1.54, 1.807) is 18.2 Å². The van der Waals surface area contributed by atoms with E-state index in [1.807, 2.05) is 6.92 Å². The highest BCUT2D eigenvalue weighted by atomic mass is 16.3. The molecular formula is C31H54O2. The number of ketones is 1. The Bertz CT molecular complexity index is 593. The molecule has 0 spiro atoms. The summed E-state index contributed by atoms with van der Waals surface area (Å²) < 4.78 is 0. The summed E-state index contributed by atoms with van der Waals surface area (Å²) >= 11 is 0. The highest BCUT2D eigenvalue weighted by Crippen LogP contribution is 2.19. The number of hydrogen-bond donors (Lipinski definition) is 1. The van der Waals surface area contributed by atoms with Crippen molar-refractivity contribution in [2.45, 2.75) is 155 Å². The molecular weight excluding hydrogens is 404 g/mol. The fourth-order valence-electron chi connectivity index (χ4n) is 4.69. The lowest BCUT2D eigenvalue weighted by molar-refractivity contribution is 0.0979. The van der Waals surface area contributed by atoms with E-state index in [1.165, 1.54) is 122 Å². The Hall–Kier alpha value is -1.31. The molecule has 0 unspecified atom stereocenters. The smallest absolute Gasteiger partial charge is 0.162 e. The molecule has 0 radical (unpaired) electrons. The third-order valence-corrected chi connectivity index (χ3v) is 7.03. The molecule has 0 saturated carbocycles. The Morgan fingerprint density at radius 3 is 1.33 bits per heavy atom. The van der Waals surface area contributed by atoms with Crippen molar-refractivity contribution in [3.8, 4) is 5.75 Å². The molecule has 0 aliphatic heterocycles. The minimum Gasteiger partial charge on any atom is -0.508 e. The second-order valence-electron chi connectivity index (χ2n) is 10.2. The van der Waals surface area contributed by atoms with Crippen LogP contribution in [0.15, 0.2) is 18.2 Å². The summed E-state index contributed by atoms with van der Waals surface area (Å²) in [6, 6.07) is 5.16. The van der Waals surface area contributed by atoms with Crippen molar-refractivity contribution in [2.75, 3.05) is 0 Å². The van der Waals surface area contributed by atoms with E-state index in [2.05, 4.69) is 6.92 Å². The molecule has 0 aliphatic carbocycles. The number of phenols is 1. The third-order valence-electron chi connectivity index (χ3n) is 7.03. The van der Waals surface area contributed by atoms with Gasteiger partial charge in [0.15, 0.2) is 5.78 Å². The first-order valence-corrected chi connectivity index (χ1v) is 14.5. The number of unbranched alkanes of at least 4 members (excludes halogenated alkanes) is 20. The summed E-state index contributed by atoms with van der Waals surface area (Å²) in [4.78, 5) is 12.2. The van der Waals surface area contributed by atoms with Gasteiger partial charge in [-0.05, 0) is 37.1 Å². The lowest BCUT2D eigenvalue weighted by atomic mass is 10.0. The molecule has 0 heterocycles. The van der Waals surface area contributed by atoms with Gasteiger partial charge in [-0.25, -0.2) is 0 Å². The molecule has 2 heteroatoms. The Labute approximate surface area is 206 Å². The van der Waals surface area contributed by atoms with E-state index in [0.717, 1.165) is 24.0 Å². The number of carbonyl (C=O) groups excluding carboxylic acids is 1. The molecule has 190 valence electrons. The summed E-state index contributed by atoms with van der Waals surface area (Å²) in [7, 11) is 0. The molecule has 1 aromatic rings. The van der Waals surface area contributed by atoms with Gasteiger partial charge in [-0.15, -0.1) is 0 Å². The summed E-state index contributed by atoms with van der Waals surface area (Å²) in [6.45, 7) is 4.13. The van der Waals surface area contributed by atoms with Crippen LogP contribution in [-0.2, 0) is 0 Å². The van der Waals surface area contributed by atoms with Crippen LogP contribution in [0, 0.1) is 6.92 Å². The SMILES string of the molecule is CCCCCCCCCCCCCCCCCCCCCCCC(=O)c1ccc(O)c(C)c1.